The van der Waals surface area contributed by atoms with Crippen molar-refractivity contribution in [2.24, 2.45) is 7.05 Å². The second kappa shape index (κ2) is 17.5. The molecule has 0 bridgehead atoms. The Morgan fingerprint density at radius 3 is 2.34 bits per heavy atom. The van der Waals surface area contributed by atoms with Crippen molar-refractivity contribution in [1.82, 2.24) is 29.1 Å². The summed E-state index contributed by atoms with van der Waals surface area (Å²) in [6.45, 7) is 10.6. The summed E-state index contributed by atoms with van der Waals surface area (Å²) in [5, 5.41) is 3.05. The summed E-state index contributed by atoms with van der Waals surface area (Å²) in [7, 11) is 1.66. The number of piperidine rings is 2. The quantitative estimate of drug-likeness (QED) is 0.303. The number of benzene rings is 2. The zero-order valence-electron chi connectivity index (χ0n) is 32.9. The molecule has 0 saturated carbocycles. The highest BCUT2D eigenvalue weighted by molar-refractivity contribution is 5.91. The predicted octanol–water partition coefficient (Wildman–Crippen LogP) is 3.60. The minimum Gasteiger partial charge on any atom is -0.466 e. The van der Waals surface area contributed by atoms with Crippen molar-refractivity contribution >= 4 is 40.8 Å². The lowest BCUT2D eigenvalue weighted by Gasteiger charge is -2.43. The Morgan fingerprint density at radius 2 is 1.61 bits per heavy atom. The number of nitrogens with one attached hydrogen (secondary N) is 1. The van der Waals surface area contributed by atoms with Crippen LogP contribution in [0.1, 0.15) is 55.7 Å². The van der Waals surface area contributed by atoms with Gasteiger partial charge in [0, 0.05) is 83.6 Å². The van der Waals surface area contributed by atoms with Gasteiger partial charge in [-0.15, -0.1) is 0 Å². The molecule has 0 radical (unpaired) electrons. The zero-order valence-corrected chi connectivity index (χ0v) is 32.9. The van der Waals surface area contributed by atoms with Crippen LogP contribution in [0.15, 0.2) is 45.6 Å². The molecule has 15 nitrogen and oxygen atoms in total. The number of hydrogen-bond acceptors (Lipinski definition) is 10. The maximum Gasteiger partial charge on any atom is 0.419 e. The number of nitrogens with zero attached hydrogens (tertiary/aromatic N) is 6. The minimum atomic E-state index is -1.07. The minimum absolute atomic E-state index is 0.0193. The van der Waals surface area contributed by atoms with Crippen molar-refractivity contribution in [1.29, 1.82) is 0 Å². The van der Waals surface area contributed by atoms with E-state index < -0.39 is 18.0 Å². The monoisotopic (exact) mass is 773 g/mol. The van der Waals surface area contributed by atoms with Crippen LogP contribution in [-0.2, 0) is 39.0 Å². The van der Waals surface area contributed by atoms with Crippen LogP contribution in [0, 0.1) is 6.92 Å². The molecule has 1 N–H and O–H groups in total. The fourth-order valence-corrected chi connectivity index (χ4v) is 8.89. The molecular weight excluding hydrogens is 718 g/mol. The molecule has 4 amide bonds. The smallest absolute Gasteiger partial charge is 0.419 e. The highest BCUT2D eigenvalue weighted by Gasteiger charge is 2.36. The second-order valence-corrected chi connectivity index (χ2v) is 15.5. The molecule has 56 heavy (non-hydrogen) atoms. The topological polar surface area (TPSA) is 150 Å². The zero-order chi connectivity index (χ0) is 39.3. The van der Waals surface area contributed by atoms with E-state index in [4.69, 9.17) is 13.9 Å². The standard InChI is InChI=1S/C41H55N7O8/c1-4-54-36(49)14-17-44-15-10-31(11-16-44)45-21-23-46(24-22-45)38(50)35(27-29-25-28(2)37-34(26-29)55-40(52)43(37)3)56-41(53)47-18-12-32(13-19-47)48-20-9-30-7-5-6-8-33(30)42-39(48)51/h5-8,25-26,31-32,35H,4,9-24,27H2,1-3H3,(H,42,51)/t35-/m1/s1. The molecular formula is C41H55N7O8. The summed E-state index contributed by atoms with van der Waals surface area (Å²) in [6, 6.07) is 11.8. The van der Waals surface area contributed by atoms with Gasteiger partial charge in [-0.1, -0.05) is 24.3 Å². The summed E-state index contributed by atoms with van der Waals surface area (Å²) >= 11 is 0. The van der Waals surface area contributed by atoms with Crippen molar-refractivity contribution in [2.45, 2.75) is 77.0 Å². The van der Waals surface area contributed by atoms with Crippen LogP contribution in [0.4, 0.5) is 15.3 Å². The molecule has 1 atom stereocenters. The van der Waals surface area contributed by atoms with E-state index in [9.17, 15) is 24.0 Å². The molecule has 0 unspecified atom stereocenters. The van der Waals surface area contributed by atoms with Crippen LogP contribution in [-0.4, -0.2) is 143 Å². The number of esters is 1. The number of aryl methyl sites for hydroxylation is 2. The molecule has 1 aromatic heterocycles. The first kappa shape index (κ1) is 39.3. The summed E-state index contributed by atoms with van der Waals surface area (Å²) in [4.78, 5) is 75.5. The Morgan fingerprint density at radius 1 is 0.893 bits per heavy atom. The van der Waals surface area contributed by atoms with Crippen LogP contribution in [0.2, 0.25) is 0 Å². The van der Waals surface area contributed by atoms with Gasteiger partial charge >= 0.3 is 23.8 Å². The van der Waals surface area contributed by atoms with Crippen LogP contribution >= 0.6 is 0 Å². The number of carbonyl (C=O) groups excluding carboxylic acids is 4. The second-order valence-electron chi connectivity index (χ2n) is 15.5. The van der Waals surface area contributed by atoms with Crippen molar-refractivity contribution in [3.63, 3.8) is 0 Å². The molecule has 3 saturated heterocycles. The number of para-hydroxylation sites is 1. The third kappa shape index (κ3) is 8.88. The van der Waals surface area contributed by atoms with Gasteiger partial charge in [-0.05, 0) is 87.9 Å². The highest BCUT2D eigenvalue weighted by Crippen LogP contribution is 2.27. The van der Waals surface area contributed by atoms with Crippen LogP contribution in [0.25, 0.3) is 11.1 Å². The Hall–Kier alpha value is -4.89. The van der Waals surface area contributed by atoms with Gasteiger partial charge < -0.3 is 38.8 Å². The van der Waals surface area contributed by atoms with Crippen LogP contribution < -0.4 is 11.1 Å². The van der Waals surface area contributed by atoms with Gasteiger partial charge in [-0.25, -0.2) is 14.4 Å². The first-order chi connectivity index (χ1) is 27.1. The largest absolute Gasteiger partial charge is 0.466 e. The van der Waals surface area contributed by atoms with E-state index in [0.29, 0.717) is 82.3 Å². The number of oxazole rings is 1. The number of hydrogen-bond donors (Lipinski definition) is 1. The predicted molar refractivity (Wildman–Crippen MR) is 209 cm³/mol. The molecule has 0 spiro atoms. The molecule has 3 aromatic rings. The van der Waals surface area contributed by atoms with E-state index in [1.807, 2.05) is 49.1 Å². The molecule has 15 heteroatoms. The number of piperazine rings is 1. The Labute approximate surface area is 327 Å². The third-order valence-corrected chi connectivity index (χ3v) is 12.0. The number of aromatic nitrogens is 1. The Balaban J connectivity index is 0.973. The average molecular weight is 774 g/mol. The first-order valence-electron chi connectivity index (χ1n) is 20.2. The number of likely N-dealkylation sites (tertiary alicyclic amines) is 2. The normalized spacial score (nSPS) is 19.7. The van der Waals surface area contributed by atoms with E-state index >= 15 is 0 Å². The van der Waals surface area contributed by atoms with Gasteiger partial charge in [0.25, 0.3) is 5.91 Å². The van der Waals surface area contributed by atoms with E-state index in [1.54, 1.807) is 22.9 Å². The fourth-order valence-electron chi connectivity index (χ4n) is 8.89. The summed E-state index contributed by atoms with van der Waals surface area (Å²) < 4.78 is 18.2. The summed E-state index contributed by atoms with van der Waals surface area (Å²) in [6.07, 6.45) is 2.88. The first-order valence-corrected chi connectivity index (χ1v) is 20.2. The molecule has 302 valence electrons. The molecule has 4 aliphatic heterocycles. The number of fused-ring (bicyclic) bond motifs is 2. The van der Waals surface area contributed by atoms with Crippen molar-refractivity contribution in [3.8, 4) is 0 Å². The van der Waals surface area contributed by atoms with Gasteiger partial charge in [0.15, 0.2) is 11.7 Å². The van der Waals surface area contributed by atoms with Crippen molar-refractivity contribution in [2.75, 3.05) is 77.4 Å². The molecule has 4 aliphatic rings. The SMILES string of the molecule is CCOC(=O)CCN1CCC(N2CCN(C(=O)[C@@H](Cc3cc(C)c4c(c3)oc(=O)n4C)OC(=O)N3CCC(N4CCc5ccccc5NC4=O)CC3)CC2)CC1. The van der Waals surface area contributed by atoms with Gasteiger partial charge in [0.1, 0.15) is 0 Å². The van der Waals surface area contributed by atoms with Crippen molar-refractivity contribution < 1.29 is 33.1 Å². The van der Waals surface area contributed by atoms with Gasteiger partial charge in [0.2, 0.25) is 0 Å². The Kier molecular flexibility index (Phi) is 12.3. The summed E-state index contributed by atoms with van der Waals surface area (Å²) in [5.41, 5.74) is 4.61. The lowest BCUT2D eigenvalue weighted by Crippen LogP contribution is -2.56. The highest BCUT2D eigenvalue weighted by atomic mass is 16.6. The third-order valence-electron chi connectivity index (χ3n) is 12.0. The lowest BCUT2D eigenvalue weighted by molar-refractivity contribution is -0.144. The lowest BCUT2D eigenvalue weighted by atomic mass is 10.0. The maximum atomic E-state index is 14.3. The van der Waals surface area contributed by atoms with Gasteiger partial charge in [0.05, 0.1) is 18.5 Å². The molecule has 7 rings (SSSR count). The fraction of sp³-hybridized carbons (Fsp3) is 0.585. The average Bonchev–Trinajstić information content (AvgIpc) is 3.38. The number of amides is 4. The van der Waals surface area contributed by atoms with E-state index in [0.717, 1.165) is 67.8 Å². The van der Waals surface area contributed by atoms with E-state index in [2.05, 4.69) is 15.1 Å². The molecule has 0 aliphatic carbocycles. The van der Waals surface area contributed by atoms with Gasteiger partial charge in [-0.2, -0.15) is 0 Å². The number of anilines is 1. The van der Waals surface area contributed by atoms with E-state index in [-0.39, 0.29) is 30.4 Å². The molecule has 3 fully saturated rings. The number of rotatable bonds is 10. The van der Waals surface area contributed by atoms with E-state index in [1.165, 1.54) is 4.57 Å². The number of carbonyl (C=O) groups is 4. The molecule has 5 heterocycles. The van der Waals surface area contributed by atoms with Crippen molar-refractivity contribution in [3.05, 3.63) is 63.6 Å². The number of ether oxygens (including phenoxy) is 2. The van der Waals surface area contributed by atoms with Crippen LogP contribution in [0.3, 0.4) is 0 Å². The Bertz CT molecular complexity index is 1950. The number of urea groups is 1. The van der Waals surface area contributed by atoms with Crippen LogP contribution in [0.5, 0.6) is 0 Å². The van der Waals surface area contributed by atoms with Gasteiger partial charge in [-0.3, -0.25) is 19.1 Å². The summed E-state index contributed by atoms with van der Waals surface area (Å²) in [5.74, 6) is -0.864. The molecule has 2 aromatic carbocycles. The maximum absolute atomic E-state index is 14.3.